The van der Waals surface area contributed by atoms with E-state index in [1.54, 1.807) is 0 Å². The van der Waals surface area contributed by atoms with Crippen LogP contribution in [0.3, 0.4) is 0 Å². The van der Waals surface area contributed by atoms with Crippen LogP contribution in [-0.2, 0) is 4.74 Å². The van der Waals surface area contributed by atoms with E-state index in [9.17, 15) is 0 Å². The molecule has 0 aromatic carbocycles. The Labute approximate surface area is 106 Å². The lowest BCUT2D eigenvalue weighted by Gasteiger charge is -2.34. The van der Waals surface area contributed by atoms with Crippen LogP contribution in [0.4, 0.5) is 0 Å². The predicted molar refractivity (Wildman–Crippen MR) is 71.1 cm³/mol. The fourth-order valence-electron chi connectivity index (χ4n) is 3.20. The third-order valence-electron chi connectivity index (χ3n) is 4.46. The molecule has 2 N–H and O–H groups in total. The summed E-state index contributed by atoms with van der Waals surface area (Å²) < 4.78 is 5.99. The van der Waals surface area contributed by atoms with Gasteiger partial charge in [0.25, 0.3) is 0 Å². The van der Waals surface area contributed by atoms with E-state index in [2.05, 4.69) is 11.9 Å². The van der Waals surface area contributed by atoms with E-state index in [-0.39, 0.29) is 6.04 Å². The van der Waals surface area contributed by atoms with Crippen LogP contribution in [0.2, 0.25) is 0 Å². The van der Waals surface area contributed by atoms with Crippen molar-refractivity contribution in [1.82, 2.24) is 4.90 Å². The number of nitrogens with zero attached hydrogens (tertiary/aromatic N) is 1. The average Bonchev–Trinajstić information content (AvgIpc) is 2.34. The SMILES string of the molecule is CN1CCCCC1CCOC1CCCCC1N. The topological polar surface area (TPSA) is 38.5 Å². The van der Waals surface area contributed by atoms with Crippen LogP contribution < -0.4 is 5.73 Å². The molecule has 1 aliphatic heterocycles. The van der Waals surface area contributed by atoms with E-state index in [0.717, 1.165) is 19.1 Å². The number of hydrogen-bond acceptors (Lipinski definition) is 3. The second kappa shape index (κ2) is 6.72. The summed E-state index contributed by atoms with van der Waals surface area (Å²) in [5, 5.41) is 0. The largest absolute Gasteiger partial charge is 0.377 e. The van der Waals surface area contributed by atoms with Gasteiger partial charge < -0.3 is 15.4 Å². The molecule has 3 nitrogen and oxygen atoms in total. The van der Waals surface area contributed by atoms with Crippen LogP contribution in [0.25, 0.3) is 0 Å². The molecule has 3 unspecified atom stereocenters. The van der Waals surface area contributed by atoms with E-state index in [1.807, 2.05) is 0 Å². The van der Waals surface area contributed by atoms with Gasteiger partial charge >= 0.3 is 0 Å². The molecule has 2 fully saturated rings. The van der Waals surface area contributed by atoms with Gasteiger partial charge in [-0.1, -0.05) is 19.3 Å². The minimum atomic E-state index is 0.285. The Morgan fingerprint density at radius 2 is 1.88 bits per heavy atom. The molecular formula is C14H28N2O. The van der Waals surface area contributed by atoms with Crippen LogP contribution in [0.5, 0.6) is 0 Å². The van der Waals surface area contributed by atoms with Crippen LogP contribution in [0.15, 0.2) is 0 Å². The zero-order valence-electron chi connectivity index (χ0n) is 11.2. The summed E-state index contributed by atoms with van der Waals surface area (Å²) in [4.78, 5) is 2.49. The summed E-state index contributed by atoms with van der Waals surface area (Å²) in [6.45, 7) is 2.15. The third kappa shape index (κ3) is 3.94. The molecule has 0 radical (unpaired) electrons. The van der Waals surface area contributed by atoms with Crippen LogP contribution in [0, 0.1) is 0 Å². The molecule has 1 aliphatic carbocycles. The van der Waals surface area contributed by atoms with Crippen LogP contribution >= 0.6 is 0 Å². The van der Waals surface area contributed by atoms with Gasteiger partial charge in [-0.05, 0) is 45.7 Å². The first-order valence-electron chi connectivity index (χ1n) is 7.35. The highest BCUT2D eigenvalue weighted by Crippen LogP contribution is 2.21. The molecule has 1 heterocycles. The lowest BCUT2D eigenvalue weighted by Crippen LogP contribution is -2.41. The first-order valence-corrected chi connectivity index (χ1v) is 7.35. The summed E-state index contributed by atoms with van der Waals surface area (Å²) >= 11 is 0. The summed E-state index contributed by atoms with van der Waals surface area (Å²) in [6, 6.07) is 1.02. The molecule has 2 aliphatic rings. The van der Waals surface area contributed by atoms with Gasteiger partial charge in [-0.2, -0.15) is 0 Å². The zero-order valence-corrected chi connectivity index (χ0v) is 11.2. The molecule has 0 aromatic heterocycles. The average molecular weight is 240 g/mol. The maximum Gasteiger partial charge on any atom is 0.0725 e. The third-order valence-corrected chi connectivity index (χ3v) is 4.46. The molecule has 0 amide bonds. The fourth-order valence-corrected chi connectivity index (χ4v) is 3.20. The van der Waals surface area contributed by atoms with Crippen molar-refractivity contribution in [3.8, 4) is 0 Å². The second-order valence-corrected chi connectivity index (χ2v) is 5.78. The van der Waals surface area contributed by atoms with Gasteiger partial charge in [-0.25, -0.2) is 0 Å². The van der Waals surface area contributed by atoms with Crippen molar-refractivity contribution in [2.45, 2.75) is 69.6 Å². The maximum absolute atomic E-state index is 6.09. The first kappa shape index (κ1) is 13.3. The number of hydrogen-bond donors (Lipinski definition) is 1. The van der Waals surface area contributed by atoms with Crippen molar-refractivity contribution < 1.29 is 4.74 Å². The zero-order chi connectivity index (χ0) is 12.1. The molecule has 0 spiro atoms. The summed E-state index contributed by atoms with van der Waals surface area (Å²) in [5.74, 6) is 0. The van der Waals surface area contributed by atoms with Crippen LogP contribution in [-0.4, -0.2) is 43.3 Å². The molecule has 0 bridgehead atoms. The normalized spacial score (nSPS) is 36.0. The Hall–Kier alpha value is -0.120. The molecule has 3 heteroatoms. The summed E-state index contributed by atoms with van der Waals surface area (Å²) in [6.07, 6.45) is 10.5. The molecule has 100 valence electrons. The number of likely N-dealkylation sites (tertiary alicyclic amines) is 1. The monoisotopic (exact) mass is 240 g/mol. The highest BCUT2D eigenvalue weighted by molar-refractivity contribution is 4.79. The van der Waals surface area contributed by atoms with Gasteiger partial charge in [0.2, 0.25) is 0 Å². The van der Waals surface area contributed by atoms with Crippen molar-refractivity contribution in [3.05, 3.63) is 0 Å². The fraction of sp³-hybridized carbons (Fsp3) is 1.00. The van der Waals surface area contributed by atoms with Crippen molar-refractivity contribution in [1.29, 1.82) is 0 Å². The minimum absolute atomic E-state index is 0.285. The Morgan fingerprint density at radius 1 is 1.12 bits per heavy atom. The van der Waals surface area contributed by atoms with Gasteiger partial charge in [0.15, 0.2) is 0 Å². The molecular weight excluding hydrogens is 212 g/mol. The van der Waals surface area contributed by atoms with E-state index in [1.165, 1.54) is 51.5 Å². The number of ether oxygens (including phenoxy) is 1. The number of piperidine rings is 1. The molecule has 1 saturated carbocycles. The van der Waals surface area contributed by atoms with E-state index in [4.69, 9.17) is 10.5 Å². The smallest absolute Gasteiger partial charge is 0.0725 e. The Kier molecular flexibility index (Phi) is 5.26. The van der Waals surface area contributed by atoms with Gasteiger partial charge in [-0.3, -0.25) is 0 Å². The molecule has 3 atom stereocenters. The lowest BCUT2D eigenvalue weighted by atomic mass is 9.93. The summed E-state index contributed by atoms with van der Waals surface area (Å²) in [7, 11) is 2.25. The molecule has 0 aromatic rings. The van der Waals surface area contributed by atoms with Crippen LogP contribution in [0.1, 0.15) is 51.4 Å². The Morgan fingerprint density at radius 3 is 2.65 bits per heavy atom. The number of nitrogens with two attached hydrogens (primary N) is 1. The molecule has 1 saturated heterocycles. The van der Waals surface area contributed by atoms with Gasteiger partial charge in [0, 0.05) is 18.7 Å². The standard InChI is InChI=1S/C14H28N2O/c1-16-10-5-4-6-12(16)9-11-17-14-8-3-2-7-13(14)15/h12-14H,2-11,15H2,1H3. The van der Waals surface area contributed by atoms with Gasteiger partial charge in [-0.15, -0.1) is 0 Å². The lowest BCUT2D eigenvalue weighted by molar-refractivity contribution is 0.00252. The van der Waals surface area contributed by atoms with Crippen molar-refractivity contribution >= 4 is 0 Å². The van der Waals surface area contributed by atoms with Crippen molar-refractivity contribution in [2.24, 2.45) is 5.73 Å². The first-order chi connectivity index (χ1) is 8.27. The quantitative estimate of drug-likeness (QED) is 0.818. The summed E-state index contributed by atoms with van der Waals surface area (Å²) in [5.41, 5.74) is 6.09. The molecule has 2 rings (SSSR count). The highest BCUT2D eigenvalue weighted by atomic mass is 16.5. The Balaban J connectivity index is 1.64. The van der Waals surface area contributed by atoms with Gasteiger partial charge in [0.1, 0.15) is 0 Å². The van der Waals surface area contributed by atoms with Gasteiger partial charge in [0.05, 0.1) is 6.10 Å². The van der Waals surface area contributed by atoms with E-state index < -0.39 is 0 Å². The van der Waals surface area contributed by atoms with Crippen molar-refractivity contribution in [2.75, 3.05) is 20.2 Å². The molecule has 17 heavy (non-hydrogen) atoms. The minimum Gasteiger partial charge on any atom is -0.377 e. The highest BCUT2D eigenvalue weighted by Gasteiger charge is 2.23. The van der Waals surface area contributed by atoms with E-state index >= 15 is 0 Å². The van der Waals surface area contributed by atoms with E-state index in [0.29, 0.717) is 6.10 Å². The second-order valence-electron chi connectivity index (χ2n) is 5.78. The number of rotatable bonds is 4. The Bertz CT molecular complexity index is 200. The predicted octanol–water partition coefficient (Wildman–Crippen LogP) is 2.15. The maximum atomic E-state index is 6.09. The van der Waals surface area contributed by atoms with Crippen molar-refractivity contribution in [3.63, 3.8) is 0 Å².